The summed E-state index contributed by atoms with van der Waals surface area (Å²) in [5, 5.41) is 18.5. The molecule has 2 rings (SSSR count). The van der Waals surface area contributed by atoms with Crippen molar-refractivity contribution in [2.45, 2.75) is 13.3 Å². The van der Waals surface area contributed by atoms with Crippen LogP contribution in [-0.4, -0.2) is 22.0 Å². The Kier molecular flexibility index (Phi) is 3.84. The van der Waals surface area contributed by atoms with Gasteiger partial charge in [-0.2, -0.15) is 0 Å². The molecule has 0 aliphatic heterocycles. The third-order valence-corrected chi connectivity index (χ3v) is 3.09. The Morgan fingerprint density at radius 3 is 2.35 bits per heavy atom. The van der Waals surface area contributed by atoms with Crippen molar-refractivity contribution in [2.24, 2.45) is 0 Å². The first-order chi connectivity index (χ1) is 9.52. The van der Waals surface area contributed by atoms with Gasteiger partial charge in [0.2, 0.25) is 0 Å². The highest BCUT2D eigenvalue weighted by Crippen LogP contribution is 2.21. The van der Waals surface area contributed by atoms with E-state index in [4.69, 9.17) is 5.11 Å². The molecule has 0 aromatic heterocycles. The number of aromatic hydroxyl groups is 1. The maximum absolute atomic E-state index is 12.3. The molecule has 0 amide bonds. The van der Waals surface area contributed by atoms with Crippen molar-refractivity contribution in [3.8, 4) is 5.75 Å². The normalized spacial score (nSPS) is 10.2. The Morgan fingerprint density at radius 2 is 1.75 bits per heavy atom. The molecular formula is C16H14O4. The van der Waals surface area contributed by atoms with Gasteiger partial charge in [0.15, 0.2) is 5.78 Å². The minimum Gasteiger partial charge on any atom is -0.507 e. The van der Waals surface area contributed by atoms with Crippen LogP contribution in [0.25, 0.3) is 0 Å². The average molecular weight is 270 g/mol. The summed E-state index contributed by atoms with van der Waals surface area (Å²) in [7, 11) is 0. The number of carbonyl (C=O) groups excluding carboxylic acids is 1. The number of rotatable bonds is 4. The zero-order chi connectivity index (χ0) is 14.7. The van der Waals surface area contributed by atoms with Crippen LogP contribution in [0.2, 0.25) is 0 Å². The number of benzene rings is 2. The number of carbonyl (C=O) groups is 2. The van der Waals surface area contributed by atoms with Crippen LogP contribution < -0.4 is 0 Å². The smallest absolute Gasteiger partial charge is 0.339 e. The van der Waals surface area contributed by atoms with E-state index in [0.29, 0.717) is 5.56 Å². The molecule has 0 fully saturated rings. The molecule has 0 saturated carbocycles. The molecule has 2 aromatic carbocycles. The maximum Gasteiger partial charge on any atom is 0.339 e. The minimum absolute atomic E-state index is 0.219. The van der Waals surface area contributed by atoms with Crippen LogP contribution >= 0.6 is 0 Å². The lowest BCUT2D eigenvalue weighted by atomic mass is 9.99. The van der Waals surface area contributed by atoms with Crippen molar-refractivity contribution < 1.29 is 19.8 Å². The predicted molar refractivity (Wildman–Crippen MR) is 74.3 cm³/mol. The van der Waals surface area contributed by atoms with E-state index < -0.39 is 11.7 Å². The lowest BCUT2D eigenvalue weighted by molar-refractivity contribution is 0.0693. The number of carboxylic acid groups (broad SMARTS) is 1. The zero-order valence-corrected chi connectivity index (χ0v) is 11.0. The summed E-state index contributed by atoms with van der Waals surface area (Å²) in [6.07, 6.45) is 0.824. The fourth-order valence-corrected chi connectivity index (χ4v) is 1.95. The van der Waals surface area contributed by atoms with Gasteiger partial charge in [0.05, 0.1) is 0 Å². The van der Waals surface area contributed by atoms with Gasteiger partial charge in [-0.3, -0.25) is 4.79 Å². The molecule has 0 heterocycles. The Balaban J connectivity index is 2.38. The number of phenols is 1. The van der Waals surface area contributed by atoms with Crippen LogP contribution in [0, 0.1) is 0 Å². The molecule has 0 bridgehead atoms. The molecule has 0 radical (unpaired) electrons. The molecule has 0 saturated heterocycles. The number of aromatic carboxylic acids is 1. The molecule has 20 heavy (non-hydrogen) atoms. The molecule has 0 aliphatic rings. The highest BCUT2D eigenvalue weighted by Gasteiger charge is 2.14. The number of hydrogen-bond acceptors (Lipinski definition) is 3. The van der Waals surface area contributed by atoms with Crippen LogP contribution in [0.1, 0.15) is 38.8 Å². The molecule has 0 aliphatic carbocycles. The summed E-state index contributed by atoms with van der Waals surface area (Å²) < 4.78 is 0. The molecule has 2 N–H and O–H groups in total. The van der Waals surface area contributed by atoms with E-state index in [2.05, 4.69) is 0 Å². The zero-order valence-electron chi connectivity index (χ0n) is 11.0. The van der Waals surface area contributed by atoms with E-state index in [9.17, 15) is 14.7 Å². The van der Waals surface area contributed by atoms with Crippen molar-refractivity contribution >= 4 is 11.8 Å². The van der Waals surface area contributed by atoms with E-state index in [1.54, 1.807) is 18.2 Å². The number of ketones is 1. The molecule has 0 unspecified atom stereocenters. The van der Waals surface area contributed by atoms with Gasteiger partial charge in [0.1, 0.15) is 11.3 Å². The first-order valence-electron chi connectivity index (χ1n) is 6.23. The van der Waals surface area contributed by atoms with Crippen molar-refractivity contribution in [1.82, 2.24) is 0 Å². The summed E-state index contributed by atoms with van der Waals surface area (Å²) in [6, 6.07) is 11.1. The Labute approximate surface area is 116 Å². The quantitative estimate of drug-likeness (QED) is 0.838. The molecule has 4 heteroatoms. The Bertz CT molecular complexity index is 674. The topological polar surface area (TPSA) is 74.6 Å². The van der Waals surface area contributed by atoms with Gasteiger partial charge in [0.25, 0.3) is 0 Å². The Morgan fingerprint density at radius 1 is 1.05 bits per heavy atom. The van der Waals surface area contributed by atoms with Gasteiger partial charge in [-0.25, -0.2) is 4.79 Å². The number of aryl methyl sites for hydroxylation is 1. The molecule has 102 valence electrons. The Hall–Kier alpha value is -2.62. The number of hydrogen-bond donors (Lipinski definition) is 2. The summed E-state index contributed by atoms with van der Waals surface area (Å²) in [4.78, 5) is 23.1. The molecular weight excluding hydrogens is 256 g/mol. The molecule has 0 atom stereocenters. The van der Waals surface area contributed by atoms with Crippen LogP contribution in [0.3, 0.4) is 0 Å². The van der Waals surface area contributed by atoms with Gasteiger partial charge < -0.3 is 10.2 Å². The monoisotopic (exact) mass is 270 g/mol. The van der Waals surface area contributed by atoms with E-state index in [0.717, 1.165) is 12.0 Å². The second kappa shape index (κ2) is 5.57. The summed E-state index contributed by atoms with van der Waals surface area (Å²) in [5.41, 5.74) is 1.61. The van der Waals surface area contributed by atoms with Crippen LogP contribution in [0.5, 0.6) is 5.75 Å². The van der Waals surface area contributed by atoms with Crippen molar-refractivity contribution in [2.75, 3.05) is 0 Å². The summed E-state index contributed by atoms with van der Waals surface area (Å²) >= 11 is 0. The highest BCUT2D eigenvalue weighted by atomic mass is 16.4. The fourth-order valence-electron chi connectivity index (χ4n) is 1.95. The third-order valence-electron chi connectivity index (χ3n) is 3.09. The van der Waals surface area contributed by atoms with Crippen molar-refractivity contribution in [3.05, 3.63) is 64.7 Å². The van der Waals surface area contributed by atoms with Gasteiger partial charge >= 0.3 is 5.97 Å². The van der Waals surface area contributed by atoms with E-state index in [-0.39, 0.29) is 16.9 Å². The third kappa shape index (κ3) is 2.69. The minimum atomic E-state index is -1.23. The van der Waals surface area contributed by atoms with Crippen molar-refractivity contribution in [3.63, 3.8) is 0 Å². The van der Waals surface area contributed by atoms with E-state index in [1.807, 2.05) is 13.0 Å². The average Bonchev–Trinajstić information content (AvgIpc) is 2.46. The summed E-state index contributed by atoms with van der Waals surface area (Å²) in [5.74, 6) is -1.88. The molecule has 4 nitrogen and oxygen atoms in total. The predicted octanol–water partition coefficient (Wildman–Crippen LogP) is 2.88. The van der Waals surface area contributed by atoms with Crippen LogP contribution in [0.15, 0.2) is 42.5 Å². The SMILES string of the molecule is CCc1cccc(C(=O)c2ccc(C(=O)O)c(O)c2)c1. The van der Waals surface area contributed by atoms with E-state index >= 15 is 0 Å². The maximum atomic E-state index is 12.3. The molecule has 2 aromatic rings. The molecule has 0 spiro atoms. The number of carboxylic acids is 1. The first kappa shape index (κ1) is 13.8. The van der Waals surface area contributed by atoms with Gasteiger partial charge in [-0.05, 0) is 36.2 Å². The largest absolute Gasteiger partial charge is 0.507 e. The fraction of sp³-hybridized carbons (Fsp3) is 0.125. The van der Waals surface area contributed by atoms with Crippen LogP contribution in [-0.2, 0) is 6.42 Å². The van der Waals surface area contributed by atoms with E-state index in [1.165, 1.54) is 18.2 Å². The lowest BCUT2D eigenvalue weighted by Gasteiger charge is -2.05. The van der Waals surface area contributed by atoms with Crippen molar-refractivity contribution in [1.29, 1.82) is 0 Å². The van der Waals surface area contributed by atoms with Crippen LogP contribution in [0.4, 0.5) is 0 Å². The van der Waals surface area contributed by atoms with Gasteiger partial charge in [0, 0.05) is 11.1 Å². The van der Waals surface area contributed by atoms with Gasteiger partial charge in [-0.15, -0.1) is 0 Å². The highest BCUT2D eigenvalue weighted by molar-refractivity contribution is 6.09. The first-order valence-corrected chi connectivity index (χ1v) is 6.23. The standard InChI is InChI=1S/C16H14O4/c1-2-10-4-3-5-11(8-10)15(18)12-6-7-13(16(19)20)14(17)9-12/h3-9,17H,2H2,1H3,(H,19,20). The second-order valence-electron chi connectivity index (χ2n) is 4.42. The second-order valence-corrected chi connectivity index (χ2v) is 4.42. The lowest BCUT2D eigenvalue weighted by Crippen LogP contribution is -2.04. The summed E-state index contributed by atoms with van der Waals surface area (Å²) in [6.45, 7) is 2.00. The van der Waals surface area contributed by atoms with Gasteiger partial charge in [-0.1, -0.05) is 25.1 Å².